The normalized spacial score (nSPS) is 26.4. The molecule has 0 radical (unpaired) electrons. The molecule has 0 bridgehead atoms. The Balaban J connectivity index is 1.24. The van der Waals surface area contributed by atoms with Crippen molar-refractivity contribution in [3.63, 3.8) is 0 Å². The molecular weight excluding hydrogens is 412 g/mol. The zero-order chi connectivity index (χ0) is 22.8. The molecule has 1 unspecified atom stereocenters. The maximum atomic E-state index is 13.5. The first kappa shape index (κ1) is 22.1. The highest BCUT2D eigenvalue weighted by molar-refractivity contribution is 5.82. The summed E-state index contributed by atoms with van der Waals surface area (Å²) < 4.78 is 5.48. The van der Waals surface area contributed by atoms with Crippen LogP contribution in [0, 0.1) is 11.8 Å². The second-order valence-corrected chi connectivity index (χ2v) is 9.57. The summed E-state index contributed by atoms with van der Waals surface area (Å²) in [7, 11) is 0. The number of carbonyl (C=O) groups is 1. The Morgan fingerprint density at radius 3 is 2.58 bits per heavy atom. The smallest absolute Gasteiger partial charge is 0.240 e. The lowest BCUT2D eigenvalue weighted by Gasteiger charge is -2.35. The third kappa shape index (κ3) is 4.53. The van der Waals surface area contributed by atoms with Crippen LogP contribution in [-0.2, 0) is 16.0 Å². The minimum Gasteiger partial charge on any atom is -0.351 e. The molecule has 0 spiro atoms. The van der Waals surface area contributed by atoms with E-state index in [1.54, 1.807) is 4.90 Å². The van der Waals surface area contributed by atoms with Gasteiger partial charge in [0.15, 0.2) is 0 Å². The molecule has 1 N–H and O–H groups in total. The molecule has 5 nitrogen and oxygen atoms in total. The third-order valence-corrected chi connectivity index (χ3v) is 7.63. The number of aromatic nitrogens is 1. The Labute approximate surface area is 195 Å². The number of hydrogen-bond acceptors (Lipinski definition) is 4. The van der Waals surface area contributed by atoms with Crippen LogP contribution >= 0.6 is 0 Å². The highest BCUT2D eigenvalue weighted by Gasteiger charge is 2.41. The number of aliphatic hydroxyl groups excluding tert-OH is 1. The van der Waals surface area contributed by atoms with Crippen LogP contribution in [0.1, 0.15) is 49.7 Å². The number of carbonyl (C=O) groups excluding carboxylic acids is 1. The molecule has 1 amide bonds. The highest BCUT2D eigenvalue weighted by atomic mass is 16.6. The summed E-state index contributed by atoms with van der Waals surface area (Å²) in [5.74, 6) is 0.712. The van der Waals surface area contributed by atoms with Gasteiger partial charge in [0.05, 0.1) is 18.2 Å². The average molecular weight is 445 g/mol. The van der Waals surface area contributed by atoms with Gasteiger partial charge in [-0.25, -0.2) is 0 Å². The van der Waals surface area contributed by atoms with E-state index in [2.05, 4.69) is 41.4 Å². The van der Waals surface area contributed by atoms with Gasteiger partial charge in [-0.3, -0.25) is 14.7 Å². The molecule has 1 aliphatic heterocycles. The topological polar surface area (TPSA) is 62.7 Å². The Morgan fingerprint density at radius 2 is 1.79 bits per heavy atom. The molecule has 2 fully saturated rings. The van der Waals surface area contributed by atoms with E-state index in [1.807, 2.05) is 37.4 Å². The molecule has 5 rings (SSSR count). The summed E-state index contributed by atoms with van der Waals surface area (Å²) in [5, 5.41) is 11.7. The first-order valence-electron chi connectivity index (χ1n) is 12.1. The number of fused-ring (bicyclic) bond motifs is 1. The van der Waals surface area contributed by atoms with Crippen molar-refractivity contribution >= 4 is 16.8 Å². The van der Waals surface area contributed by atoms with Gasteiger partial charge in [0.2, 0.25) is 12.3 Å². The van der Waals surface area contributed by atoms with Crippen molar-refractivity contribution in [2.75, 3.05) is 6.61 Å². The van der Waals surface area contributed by atoms with E-state index in [0.29, 0.717) is 24.9 Å². The van der Waals surface area contributed by atoms with Gasteiger partial charge in [0.1, 0.15) is 0 Å². The Bertz CT molecular complexity index is 1090. The molecule has 2 heterocycles. The van der Waals surface area contributed by atoms with Crippen molar-refractivity contribution in [3.8, 4) is 0 Å². The molecule has 5 heteroatoms. The molecule has 3 aromatic rings. The summed E-state index contributed by atoms with van der Waals surface area (Å²) in [6.45, 7) is 2.40. The van der Waals surface area contributed by atoms with Crippen LogP contribution in [0.15, 0.2) is 66.9 Å². The van der Waals surface area contributed by atoms with Crippen LogP contribution < -0.4 is 0 Å². The Kier molecular flexibility index (Phi) is 6.43. The predicted octanol–water partition coefficient (Wildman–Crippen LogP) is 4.89. The lowest BCUT2D eigenvalue weighted by atomic mass is 9.73. The Morgan fingerprint density at radius 1 is 1.06 bits per heavy atom. The van der Waals surface area contributed by atoms with E-state index < -0.39 is 6.41 Å². The number of para-hydroxylation sites is 1. The minimum absolute atomic E-state index is 0.0127. The lowest BCUT2D eigenvalue weighted by molar-refractivity contribution is -0.170. The summed E-state index contributed by atoms with van der Waals surface area (Å²) in [4.78, 5) is 19.5. The van der Waals surface area contributed by atoms with Gasteiger partial charge in [-0.15, -0.1) is 0 Å². The summed E-state index contributed by atoms with van der Waals surface area (Å²) >= 11 is 0. The molecule has 172 valence electrons. The summed E-state index contributed by atoms with van der Waals surface area (Å²) in [5.41, 5.74) is 3.58. The number of aliphatic hydroxyl groups is 1. The third-order valence-electron chi connectivity index (χ3n) is 7.63. The maximum Gasteiger partial charge on any atom is 0.240 e. The second kappa shape index (κ2) is 9.62. The van der Waals surface area contributed by atoms with E-state index in [9.17, 15) is 9.90 Å². The SMILES string of the molecule is C[C@@H](C(=O)N1C(O)OC[C@H]1Cc1ccccc1)C1CCC(c2ccnc3ccccc23)CC1. The number of hydrogen-bond donors (Lipinski definition) is 1. The number of pyridine rings is 1. The fraction of sp³-hybridized carbons (Fsp3) is 0.429. The van der Waals surface area contributed by atoms with Crippen molar-refractivity contribution in [2.45, 2.75) is 57.4 Å². The molecular formula is C28H32N2O3. The van der Waals surface area contributed by atoms with Gasteiger partial charge >= 0.3 is 0 Å². The van der Waals surface area contributed by atoms with E-state index in [1.165, 1.54) is 10.9 Å². The fourth-order valence-electron chi connectivity index (χ4n) is 5.71. The van der Waals surface area contributed by atoms with Crippen LogP contribution in [0.25, 0.3) is 10.9 Å². The summed E-state index contributed by atoms with van der Waals surface area (Å²) in [6.07, 6.45) is 5.64. The van der Waals surface area contributed by atoms with Gasteiger partial charge < -0.3 is 9.84 Å². The van der Waals surface area contributed by atoms with Gasteiger partial charge in [-0.1, -0.05) is 55.5 Å². The number of benzene rings is 2. The highest BCUT2D eigenvalue weighted by Crippen LogP contribution is 2.41. The predicted molar refractivity (Wildman–Crippen MR) is 128 cm³/mol. The molecule has 1 saturated carbocycles. The van der Waals surface area contributed by atoms with Gasteiger partial charge in [-0.2, -0.15) is 0 Å². The largest absolute Gasteiger partial charge is 0.351 e. The average Bonchev–Trinajstić information content (AvgIpc) is 3.23. The zero-order valence-corrected chi connectivity index (χ0v) is 19.1. The van der Waals surface area contributed by atoms with Crippen LogP contribution in [0.4, 0.5) is 0 Å². The van der Waals surface area contributed by atoms with Crippen molar-refractivity contribution in [1.82, 2.24) is 9.88 Å². The molecule has 33 heavy (non-hydrogen) atoms. The number of ether oxygens (including phenoxy) is 1. The van der Waals surface area contributed by atoms with E-state index in [4.69, 9.17) is 4.74 Å². The van der Waals surface area contributed by atoms with Crippen LogP contribution in [0.5, 0.6) is 0 Å². The molecule has 1 aliphatic carbocycles. The van der Waals surface area contributed by atoms with Crippen molar-refractivity contribution in [2.24, 2.45) is 11.8 Å². The van der Waals surface area contributed by atoms with Crippen LogP contribution in [0.3, 0.4) is 0 Å². The van der Waals surface area contributed by atoms with Gasteiger partial charge in [-0.05, 0) is 67.2 Å². The first-order chi connectivity index (χ1) is 16.1. The molecule has 1 saturated heterocycles. The molecule has 2 aliphatic rings. The number of nitrogens with zero attached hydrogens (tertiary/aromatic N) is 2. The lowest BCUT2D eigenvalue weighted by Crippen LogP contribution is -2.47. The van der Waals surface area contributed by atoms with Crippen LogP contribution in [0.2, 0.25) is 0 Å². The molecule has 3 atom stereocenters. The quantitative estimate of drug-likeness (QED) is 0.609. The zero-order valence-electron chi connectivity index (χ0n) is 19.1. The van der Waals surface area contributed by atoms with Crippen molar-refractivity contribution in [3.05, 3.63) is 78.0 Å². The standard InChI is InChI=1S/C28H32N2O3/c1-19(27(31)30-23(18-33-28(30)32)17-20-7-3-2-4-8-20)21-11-13-22(14-12-21)24-15-16-29-26-10-6-5-9-25(24)26/h2-10,15-16,19,21-23,28,32H,11-14,17-18H2,1H3/t19-,21?,22?,23-,28?/m1/s1. The van der Waals surface area contributed by atoms with Gasteiger partial charge in [0, 0.05) is 17.5 Å². The molecule has 2 aromatic carbocycles. The fourth-order valence-corrected chi connectivity index (χ4v) is 5.71. The van der Waals surface area contributed by atoms with Crippen molar-refractivity contribution < 1.29 is 14.6 Å². The minimum atomic E-state index is -1.15. The first-order valence-corrected chi connectivity index (χ1v) is 12.1. The van der Waals surface area contributed by atoms with Crippen molar-refractivity contribution in [1.29, 1.82) is 0 Å². The van der Waals surface area contributed by atoms with Gasteiger partial charge in [0.25, 0.3) is 0 Å². The van der Waals surface area contributed by atoms with E-state index in [-0.39, 0.29) is 17.9 Å². The second-order valence-electron chi connectivity index (χ2n) is 9.57. The maximum absolute atomic E-state index is 13.5. The monoisotopic (exact) mass is 444 g/mol. The Hall–Kier alpha value is -2.76. The summed E-state index contributed by atoms with van der Waals surface area (Å²) in [6, 6.07) is 20.5. The molecule has 1 aromatic heterocycles. The van der Waals surface area contributed by atoms with Crippen LogP contribution in [-0.4, -0.2) is 40.0 Å². The number of amides is 1. The number of rotatable bonds is 5. The van der Waals surface area contributed by atoms with E-state index >= 15 is 0 Å². The van der Waals surface area contributed by atoms with E-state index in [0.717, 1.165) is 36.8 Å².